The van der Waals surface area contributed by atoms with Gasteiger partial charge in [0, 0.05) is 6.08 Å². The minimum absolute atomic E-state index is 0.147. The molecule has 2 N–H and O–H groups in total. The molecule has 0 radical (unpaired) electrons. The minimum Gasteiger partial charge on any atom is -0.478 e. The molecule has 6 atom stereocenters. The van der Waals surface area contributed by atoms with Crippen molar-refractivity contribution in [1.29, 1.82) is 0 Å². The van der Waals surface area contributed by atoms with E-state index in [0.717, 1.165) is 18.4 Å². The fraction of sp³-hybridized carbons (Fsp3) is 0.850. The maximum atomic E-state index is 11.0. The summed E-state index contributed by atoms with van der Waals surface area (Å²) >= 11 is 0. The van der Waals surface area contributed by atoms with E-state index in [1.165, 1.54) is 25.3 Å². The smallest absolute Gasteiger partial charge is 0.328 e. The van der Waals surface area contributed by atoms with Crippen molar-refractivity contribution in [1.82, 2.24) is 0 Å². The maximum absolute atomic E-state index is 11.0. The van der Waals surface area contributed by atoms with Gasteiger partial charge in [0.25, 0.3) is 0 Å². The summed E-state index contributed by atoms with van der Waals surface area (Å²) in [6.45, 7) is 10.9. The first-order valence-electron chi connectivity index (χ1n) is 9.28. The topological polar surface area (TPSA) is 66.8 Å². The number of ether oxygens (including phenoxy) is 1. The molecule has 2 saturated carbocycles. The first kappa shape index (κ1) is 17.9. The van der Waals surface area contributed by atoms with E-state index in [9.17, 15) is 9.90 Å². The van der Waals surface area contributed by atoms with Gasteiger partial charge >= 0.3 is 5.97 Å². The molecule has 3 rings (SSSR count). The van der Waals surface area contributed by atoms with Crippen LogP contribution in [0.25, 0.3) is 0 Å². The van der Waals surface area contributed by atoms with Crippen LogP contribution in [0.3, 0.4) is 0 Å². The normalized spacial score (nSPS) is 47.8. The van der Waals surface area contributed by atoms with Gasteiger partial charge in [0.05, 0.1) is 17.8 Å². The van der Waals surface area contributed by atoms with Crippen molar-refractivity contribution >= 4 is 5.97 Å². The SMILES string of the molecule is C/C(=C/C(=O)O)[C@H]1C[C@@H]2[C@@]3(C)CCCC(C)(C)[C@@H]3C[C@H](O)[C@@]2(C)O1. The molecule has 0 spiro atoms. The van der Waals surface area contributed by atoms with Crippen LogP contribution in [0, 0.1) is 22.7 Å². The highest BCUT2D eigenvalue weighted by atomic mass is 16.5. The van der Waals surface area contributed by atoms with E-state index < -0.39 is 17.7 Å². The van der Waals surface area contributed by atoms with Crippen molar-refractivity contribution in [2.45, 2.75) is 84.5 Å². The van der Waals surface area contributed by atoms with E-state index in [0.29, 0.717) is 5.92 Å². The molecule has 136 valence electrons. The summed E-state index contributed by atoms with van der Waals surface area (Å²) in [5.74, 6) is -0.182. The Kier molecular flexibility index (Phi) is 4.16. The van der Waals surface area contributed by atoms with Crippen LogP contribution in [-0.4, -0.2) is 34.0 Å². The first-order valence-corrected chi connectivity index (χ1v) is 9.28. The van der Waals surface area contributed by atoms with Gasteiger partial charge in [-0.1, -0.05) is 27.2 Å². The second-order valence-electron chi connectivity index (χ2n) is 9.46. The number of carbonyl (C=O) groups is 1. The third kappa shape index (κ3) is 2.53. The van der Waals surface area contributed by atoms with Crippen LogP contribution in [0.15, 0.2) is 11.6 Å². The second kappa shape index (κ2) is 5.57. The van der Waals surface area contributed by atoms with Gasteiger partial charge in [-0.3, -0.25) is 0 Å². The molecule has 1 heterocycles. The fourth-order valence-corrected chi connectivity index (χ4v) is 6.31. The molecule has 0 aromatic carbocycles. The summed E-state index contributed by atoms with van der Waals surface area (Å²) in [7, 11) is 0. The average Bonchev–Trinajstić information content (AvgIpc) is 2.82. The highest BCUT2D eigenvalue weighted by Crippen LogP contribution is 2.65. The van der Waals surface area contributed by atoms with Crippen LogP contribution in [0.5, 0.6) is 0 Å². The molecule has 1 saturated heterocycles. The summed E-state index contributed by atoms with van der Waals surface area (Å²) in [4.78, 5) is 11.0. The van der Waals surface area contributed by atoms with Crippen LogP contribution < -0.4 is 0 Å². The Balaban J connectivity index is 1.97. The number of carboxylic acids is 1. The molecule has 3 aliphatic rings. The molecule has 0 aromatic rings. The van der Waals surface area contributed by atoms with Crippen molar-refractivity contribution < 1.29 is 19.7 Å². The molecule has 0 unspecified atom stereocenters. The van der Waals surface area contributed by atoms with Crippen LogP contribution in [0.2, 0.25) is 0 Å². The molecule has 24 heavy (non-hydrogen) atoms. The number of carboxylic acid groups (broad SMARTS) is 1. The van der Waals surface area contributed by atoms with Crippen LogP contribution in [0.4, 0.5) is 0 Å². The van der Waals surface area contributed by atoms with Gasteiger partial charge in [-0.05, 0) is 67.8 Å². The summed E-state index contributed by atoms with van der Waals surface area (Å²) in [5.41, 5.74) is 0.560. The molecule has 0 aromatic heterocycles. The highest BCUT2D eigenvalue weighted by Gasteiger charge is 2.65. The van der Waals surface area contributed by atoms with Gasteiger partial charge in [-0.25, -0.2) is 4.79 Å². The Morgan fingerprint density at radius 3 is 2.42 bits per heavy atom. The Morgan fingerprint density at radius 1 is 1.12 bits per heavy atom. The second-order valence-corrected chi connectivity index (χ2v) is 9.46. The van der Waals surface area contributed by atoms with E-state index in [2.05, 4.69) is 20.8 Å². The van der Waals surface area contributed by atoms with Crippen LogP contribution in [0.1, 0.15) is 66.7 Å². The van der Waals surface area contributed by atoms with Gasteiger partial charge in [-0.15, -0.1) is 0 Å². The number of rotatable bonds is 2. The Labute approximate surface area is 145 Å². The van der Waals surface area contributed by atoms with Gasteiger partial charge in [0.2, 0.25) is 0 Å². The number of hydrogen-bond acceptors (Lipinski definition) is 3. The lowest BCUT2D eigenvalue weighted by Crippen LogP contribution is -2.61. The lowest BCUT2D eigenvalue weighted by atomic mass is 9.45. The Hall–Kier alpha value is -0.870. The van der Waals surface area contributed by atoms with E-state index in [1.807, 2.05) is 13.8 Å². The number of aliphatic hydroxyl groups excluding tert-OH is 1. The molecular weight excluding hydrogens is 304 g/mol. The monoisotopic (exact) mass is 336 g/mol. The zero-order valence-corrected chi connectivity index (χ0v) is 15.6. The number of hydrogen-bond donors (Lipinski definition) is 2. The lowest BCUT2D eigenvalue weighted by molar-refractivity contribution is -0.207. The van der Waals surface area contributed by atoms with Gasteiger partial charge < -0.3 is 14.9 Å². The number of aliphatic carboxylic acids is 1. The van der Waals surface area contributed by atoms with Gasteiger partial charge in [0.1, 0.15) is 0 Å². The zero-order valence-electron chi connectivity index (χ0n) is 15.6. The van der Waals surface area contributed by atoms with Crippen molar-refractivity contribution in [3.63, 3.8) is 0 Å². The molecule has 0 amide bonds. The molecule has 1 aliphatic heterocycles. The average molecular weight is 336 g/mol. The predicted octanol–water partition coefficient (Wildman–Crippen LogP) is 3.78. The van der Waals surface area contributed by atoms with Crippen LogP contribution in [-0.2, 0) is 9.53 Å². The zero-order chi connectivity index (χ0) is 17.9. The van der Waals surface area contributed by atoms with Crippen LogP contribution >= 0.6 is 0 Å². The van der Waals surface area contributed by atoms with Crippen molar-refractivity contribution in [2.24, 2.45) is 22.7 Å². The van der Waals surface area contributed by atoms with Gasteiger partial charge in [0.15, 0.2) is 0 Å². The molecule has 4 nitrogen and oxygen atoms in total. The van der Waals surface area contributed by atoms with E-state index >= 15 is 0 Å². The standard InChI is InChI=1S/C20H32O4/c1-12(9-17(22)23)13-10-15-19(4)8-6-7-18(2,3)14(19)11-16(21)20(15,5)24-13/h9,13-16,21H,6-8,10-11H2,1-5H3,(H,22,23)/b12-9-/t13-,14+,15-,16+,19+,20+/m1/s1. The van der Waals surface area contributed by atoms with Crippen molar-refractivity contribution in [3.05, 3.63) is 11.6 Å². The van der Waals surface area contributed by atoms with E-state index in [-0.39, 0.29) is 22.9 Å². The van der Waals surface area contributed by atoms with E-state index in [1.54, 1.807) is 0 Å². The largest absolute Gasteiger partial charge is 0.478 e. The molecule has 3 fully saturated rings. The minimum atomic E-state index is -0.931. The van der Waals surface area contributed by atoms with Crippen molar-refractivity contribution in [3.8, 4) is 0 Å². The summed E-state index contributed by atoms with van der Waals surface area (Å²) in [5, 5.41) is 20.0. The highest BCUT2D eigenvalue weighted by molar-refractivity contribution is 5.80. The molecule has 4 heteroatoms. The maximum Gasteiger partial charge on any atom is 0.328 e. The molecular formula is C20H32O4. The van der Waals surface area contributed by atoms with Gasteiger partial charge in [-0.2, -0.15) is 0 Å². The summed E-state index contributed by atoms with van der Waals surface area (Å²) in [6, 6.07) is 0. The lowest BCUT2D eigenvalue weighted by Gasteiger charge is -2.61. The number of fused-ring (bicyclic) bond motifs is 3. The third-order valence-electron chi connectivity index (χ3n) is 7.59. The number of aliphatic hydroxyl groups is 1. The molecule has 0 bridgehead atoms. The summed E-state index contributed by atoms with van der Waals surface area (Å²) < 4.78 is 6.33. The summed E-state index contributed by atoms with van der Waals surface area (Å²) in [6.07, 6.45) is 5.76. The van der Waals surface area contributed by atoms with E-state index in [4.69, 9.17) is 9.84 Å². The quantitative estimate of drug-likeness (QED) is 0.753. The fourth-order valence-electron chi connectivity index (χ4n) is 6.31. The third-order valence-corrected chi connectivity index (χ3v) is 7.59. The Bertz CT molecular complexity index is 566. The predicted molar refractivity (Wildman–Crippen MR) is 92.6 cm³/mol. The first-order chi connectivity index (χ1) is 11.0. The Morgan fingerprint density at radius 2 is 1.79 bits per heavy atom. The molecule has 2 aliphatic carbocycles. The van der Waals surface area contributed by atoms with Crippen molar-refractivity contribution in [2.75, 3.05) is 0 Å².